The van der Waals surface area contributed by atoms with Gasteiger partial charge in [0.1, 0.15) is 0 Å². The van der Waals surface area contributed by atoms with Gasteiger partial charge in [0, 0.05) is 12.1 Å². The topological polar surface area (TPSA) is 38.0 Å². The predicted molar refractivity (Wildman–Crippen MR) is 70.8 cm³/mol. The molecular weight excluding hydrogens is 196 g/mol. The summed E-state index contributed by atoms with van der Waals surface area (Å²) in [6, 6.07) is 6.67. The fourth-order valence-electron chi connectivity index (χ4n) is 1.58. The van der Waals surface area contributed by atoms with E-state index in [1.165, 1.54) is 16.7 Å². The number of hydrogen-bond acceptors (Lipinski definition) is 2. The monoisotopic (exact) mass is 220 g/mol. The van der Waals surface area contributed by atoms with Crippen LogP contribution in [-0.2, 0) is 6.42 Å². The first-order valence-corrected chi connectivity index (χ1v) is 5.96. The smallest absolute Gasteiger partial charge is 0.0247 e. The van der Waals surface area contributed by atoms with Crippen molar-refractivity contribution in [2.45, 2.75) is 39.7 Å². The second-order valence-corrected chi connectivity index (χ2v) is 5.18. The summed E-state index contributed by atoms with van der Waals surface area (Å²) < 4.78 is 0. The van der Waals surface area contributed by atoms with E-state index in [2.05, 4.69) is 51.2 Å². The Morgan fingerprint density at radius 2 is 1.88 bits per heavy atom. The summed E-state index contributed by atoms with van der Waals surface area (Å²) in [6.07, 6.45) is 1.06. The van der Waals surface area contributed by atoms with Crippen molar-refractivity contribution < 1.29 is 0 Å². The quantitative estimate of drug-likeness (QED) is 0.798. The van der Waals surface area contributed by atoms with Crippen LogP contribution in [0.1, 0.15) is 30.5 Å². The Morgan fingerprint density at radius 3 is 2.44 bits per heavy atom. The molecule has 2 heteroatoms. The average molecular weight is 220 g/mol. The molecule has 0 atom stereocenters. The highest BCUT2D eigenvalue weighted by atomic mass is 15.0. The normalized spacial score (nSPS) is 11.8. The maximum Gasteiger partial charge on any atom is 0.0247 e. The lowest BCUT2D eigenvalue weighted by molar-refractivity contribution is 0.402. The van der Waals surface area contributed by atoms with Crippen molar-refractivity contribution >= 4 is 0 Å². The van der Waals surface area contributed by atoms with Crippen LogP contribution in [0.5, 0.6) is 0 Å². The largest absolute Gasteiger partial charge is 0.329 e. The third kappa shape index (κ3) is 3.95. The molecule has 90 valence electrons. The minimum atomic E-state index is 0.0414. The Morgan fingerprint density at radius 1 is 1.19 bits per heavy atom. The fraction of sp³-hybridized carbons (Fsp3) is 0.571. The van der Waals surface area contributed by atoms with Gasteiger partial charge in [-0.2, -0.15) is 0 Å². The van der Waals surface area contributed by atoms with Gasteiger partial charge in [0.25, 0.3) is 0 Å². The molecule has 0 heterocycles. The highest BCUT2D eigenvalue weighted by Gasteiger charge is 2.13. The van der Waals surface area contributed by atoms with Gasteiger partial charge in [-0.25, -0.2) is 0 Å². The molecule has 1 rings (SSSR count). The first-order chi connectivity index (χ1) is 7.44. The van der Waals surface area contributed by atoms with Crippen LogP contribution in [-0.4, -0.2) is 18.6 Å². The van der Waals surface area contributed by atoms with Crippen LogP contribution in [0.3, 0.4) is 0 Å². The van der Waals surface area contributed by atoms with Crippen molar-refractivity contribution in [3.05, 3.63) is 34.9 Å². The van der Waals surface area contributed by atoms with E-state index in [-0.39, 0.29) is 5.54 Å². The van der Waals surface area contributed by atoms with Gasteiger partial charge < -0.3 is 11.1 Å². The third-order valence-electron chi connectivity index (χ3n) is 3.10. The van der Waals surface area contributed by atoms with Crippen LogP contribution in [0.15, 0.2) is 18.2 Å². The van der Waals surface area contributed by atoms with Crippen molar-refractivity contribution in [2.75, 3.05) is 13.1 Å². The van der Waals surface area contributed by atoms with Crippen LogP contribution in [0.25, 0.3) is 0 Å². The molecule has 0 unspecified atom stereocenters. The van der Waals surface area contributed by atoms with Crippen LogP contribution in [0.4, 0.5) is 0 Å². The van der Waals surface area contributed by atoms with E-state index in [0.717, 1.165) is 13.0 Å². The van der Waals surface area contributed by atoms with Crippen LogP contribution in [0.2, 0.25) is 0 Å². The Labute approximate surface area is 99.2 Å². The number of aryl methyl sites for hydroxylation is 2. The molecule has 0 amide bonds. The second kappa shape index (κ2) is 5.46. The van der Waals surface area contributed by atoms with E-state index in [1.54, 1.807) is 0 Å². The summed E-state index contributed by atoms with van der Waals surface area (Å²) in [5.74, 6) is 0. The van der Waals surface area contributed by atoms with Gasteiger partial charge in [-0.1, -0.05) is 18.2 Å². The van der Waals surface area contributed by atoms with Gasteiger partial charge in [-0.05, 0) is 57.4 Å². The van der Waals surface area contributed by atoms with Crippen molar-refractivity contribution in [1.82, 2.24) is 5.32 Å². The third-order valence-corrected chi connectivity index (χ3v) is 3.10. The van der Waals surface area contributed by atoms with Gasteiger partial charge in [0.15, 0.2) is 0 Å². The van der Waals surface area contributed by atoms with Crippen molar-refractivity contribution in [3.63, 3.8) is 0 Å². The van der Waals surface area contributed by atoms with E-state index >= 15 is 0 Å². The summed E-state index contributed by atoms with van der Waals surface area (Å²) in [5.41, 5.74) is 9.83. The summed E-state index contributed by atoms with van der Waals surface area (Å²) in [5, 5.41) is 3.47. The zero-order chi connectivity index (χ0) is 12.2. The molecule has 0 radical (unpaired) electrons. The van der Waals surface area contributed by atoms with Crippen molar-refractivity contribution in [2.24, 2.45) is 5.73 Å². The SMILES string of the molecule is Cc1ccc(CCNC(C)(C)CN)cc1C. The number of benzene rings is 1. The number of rotatable bonds is 5. The van der Waals surface area contributed by atoms with Gasteiger partial charge in [0.05, 0.1) is 0 Å². The zero-order valence-electron chi connectivity index (χ0n) is 10.9. The highest BCUT2D eigenvalue weighted by Crippen LogP contribution is 2.10. The lowest BCUT2D eigenvalue weighted by Gasteiger charge is -2.24. The van der Waals surface area contributed by atoms with E-state index in [9.17, 15) is 0 Å². The fourth-order valence-corrected chi connectivity index (χ4v) is 1.58. The van der Waals surface area contributed by atoms with E-state index in [1.807, 2.05) is 0 Å². The Balaban J connectivity index is 2.46. The molecule has 0 bridgehead atoms. The summed E-state index contributed by atoms with van der Waals surface area (Å²) in [7, 11) is 0. The average Bonchev–Trinajstić information content (AvgIpc) is 2.23. The molecular formula is C14H24N2. The molecule has 16 heavy (non-hydrogen) atoms. The molecule has 0 saturated carbocycles. The van der Waals surface area contributed by atoms with Crippen LogP contribution < -0.4 is 11.1 Å². The van der Waals surface area contributed by atoms with Crippen molar-refractivity contribution in [3.8, 4) is 0 Å². The second-order valence-electron chi connectivity index (χ2n) is 5.18. The minimum Gasteiger partial charge on any atom is -0.329 e. The molecule has 3 N–H and O–H groups in total. The molecule has 0 fully saturated rings. The Bertz CT molecular complexity index is 343. The summed E-state index contributed by atoms with van der Waals surface area (Å²) >= 11 is 0. The van der Waals surface area contributed by atoms with Gasteiger partial charge in [0.2, 0.25) is 0 Å². The number of hydrogen-bond donors (Lipinski definition) is 2. The van der Waals surface area contributed by atoms with E-state index < -0.39 is 0 Å². The molecule has 0 saturated heterocycles. The number of nitrogens with two attached hydrogens (primary N) is 1. The van der Waals surface area contributed by atoms with Crippen LogP contribution >= 0.6 is 0 Å². The molecule has 0 aliphatic heterocycles. The Kier molecular flexibility index (Phi) is 4.51. The predicted octanol–water partition coefficient (Wildman–Crippen LogP) is 2.17. The lowest BCUT2D eigenvalue weighted by atomic mass is 10.0. The molecule has 1 aromatic carbocycles. The zero-order valence-corrected chi connectivity index (χ0v) is 10.9. The molecule has 0 spiro atoms. The van der Waals surface area contributed by atoms with Crippen LogP contribution in [0, 0.1) is 13.8 Å². The Hall–Kier alpha value is -0.860. The summed E-state index contributed by atoms with van der Waals surface area (Å²) in [6.45, 7) is 10.2. The molecule has 0 aromatic heterocycles. The maximum atomic E-state index is 5.67. The van der Waals surface area contributed by atoms with Crippen molar-refractivity contribution in [1.29, 1.82) is 0 Å². The summed E-state index contributed by atoms with van der Waals surface area (Å²) in [4.78, 5) is 0. The standard InChI is InChI=1S/C14H24N2/c1-11-5-6-13(9-12(11)2)7-8-16-14(3,4)10-15/h5-6,9,16H,7-8,10,15H2,1-4H3. The first kappa shape index (κ1) is 13.2. The number of nitrogens with one attached hydrogen (secondary N) is 1. The molecule has 0 aliphatic carbocycles. The lowest BCUT2D eigenvalue weighted by Crippen LogP contribution is -2.46. The van der Waals surface area contributed by atoms with Gasteiger partial charge in [-0.3, -0.25) is 0 Å². The minimum absolute atomic E-state index is 0.0414. The molecule has 0 aliphatic rings. The van der Waals surface area contributed by atoms with E-state index in [0.29, 0.717) is 6.54 Å². The first-order valence-electron chi connectivity index (χ1n) is 5.96. The maximum absolute atomic E-state index is 5.67. The van der Waals surface area contributed by atoms with Gasteiger partial charge >= 0.3 is 0 Å². The molecule has 1 aromatic rings. The highest BCUT2D eigenvalue weighted by molar-refractivity contribution is 5.30. The van der Waals surface area contributed by atoms with Gasteiger partial charge in [-0.15, -0.1) is 0 Å². The van der Waals surface area contributed by atoms with E-state index in [4.69, 9.17) is 5.73 Å². The molecule has 2 nitrogen and oxygen atoms in total.